The van der Waals surface area contributed by atoms with Gasteiger partial charge in [-0.25, -0.2) is 0 Å². The van der Waals surface area contributed by atoms with Crippen LogP contribution < -0.4 is 10.5 Å². The average molecular weight is 340 g/mol. The second-order valence-electron chi connectivity index (χ2n) is 6.57. The Morgan fingerprint density at radius 2 is 1.88 bits per heavy atom. The highest BCUT2D eigenvalue weighted by Crippen LogP contribution is 2.16. The molecule has 1 aliphatic heterocycles. The molecule has 0 aromatic heterocycles. The van der Waals surface area contributed by atoms with Crippen molar-refractivity contribution in [2.75, 3.05) is 13.1 Å². The highest BCUT2D eigenvalue weighted by Gasteiger charge is 2.28. The third kappa shape index (κ3) is 4.38. The summed E-state index contributed by atoms with van der Waals surface area (Å²) in [5, 5.41) is 9.85. The number of piperidine rings is 1. The van der Waals surface area contributed by atoms with Crippen molar-refractivity contribution in [3.63, 3.8) is 0 Å². The second-order valence-corrected chi connectivity index (χ2v) is 6.57. The molecule has 1 fully saturated rings. The van der Waals surface area contributed by atoms with E-state index in [0.717, 1.165) is 11.3 Å². The van der Waals surface area contributed by atoms with Gasteiger partial charge in [0.2, 0.25) is 0 Å². The first-order valence-electron chi connectivity index (χ1n) is 8.54. The zero-order chi connectivity index (χ0) is 17.8. The number of amides is 1. The van der Waals surface area contributed by atoms with Gasteiger partial charge in [-0.3, -0.25) is 4.79 Å². The molecule has 1 aliphatic rings. The molecule has 5 heteroatoms. The number of nitrogens with zero attached hydrogens (tertiary/aromatic N) is 1. The van der Waals surface area contributed by atoms with Crippen LogP contribution in [0.5, 0.6) is 5.75 Å². The standard InChI is InChI=1S/C20H24N2O3/c1-14-2-8-17(9-3-14)25-13-15-4-6-16(7-5-15)20(24)22-11-10-18(21)19(23)12-22/h2-9,18-19,23H,10-13,21H2,1H3/t18-,19-/m1/s1. The van der Waals surface area contributed by atoms with Crippen molar-refractivity contribution in [2.24, 2.45) is 5.73 Å². The van der Waals surface area contributed by atoms with Gasteiger partial charge in [0.15, 0.2) is 0 Å². The molecule has 0 radical (unpaired) electrons. The number of carbonyl (C=O) groups excluding carboxylic acids is 1. The van der Waals surface area contributed by atoms with Gasteiger partial charge < -0.3 is 20.5 Å². The minimum Gasteiger partial charge on any atom is -0.489 e. The van der Waals surface area contributed by atoms with Crippen LogP contribution in [-0.2, 0) is 6.61 Å². The Labute approximate surface area is 148 Å². The summed E-state index contributed by atoms with van der Waals surface area (Å²) in [7, 11) is 0. The summed E-state index contributed by atoms with van der Waals surface area (Å²) < 4.78 is 5.75. The number of likely N-dealkylation sites (tertiary alicyclic amines) is 1. The van der Waals surface area contributed by atoms with E-state index in [0.29, 0.717) is 25.1 Å². The van der Waals surface area contributed by atoms with Gasteiger partial charge in [0.1, 0.15) is 12.4 Å². The van der Waals surface area contributed by atoms with Crippen molar-refractivity contribution in [1.29, 1.82) is 0 Å². The van der Waals surface area contributed by atoms with Crippen molar-refractivity contribution < 1.29 is 14.6 Å². The number of aryl methyl sites for hydroxylation is 1. The van der Waals surface area contributed by atoms with Crippen LogP contribution >= 0.6 is 0 Å². The third-order valence-electron chi connectivity index (χ3n) is 4.55. The van der Waals surface area contributed by atoms with Gasteiger partial charge >= 0.3 is 0 Å². The van der Waals surface area contributed by atoms with E-state index in [9.17, 15) is 9.90 Å². The molecule has 25 heavy (non-hydrogen) atoms. The lowest BCUT2D eigenvalue weighted by Crippen LogP contribution is -2.52. The molecule has 1 saturated heterocycles. The first kappa shape index (κ1) is 17.5. The summed E-state index contributed by atoms with van der Waals surface area (Å²) in [6.45, 7) is 3.36. The number of ether oxygens (including phenoxy) is 1. The fourth-order valence-corrected chi connectivity index (χ4v) is 2.86. The van der Waals surface area contributed by atoms with Crippen molar-refractivity contribution >= 4 is 5.91 Å². The maximum Gasteiger partial charge on any atom is 0.253 e. The topological polar surface area (TPSA) is 75.8 Å². The van der Waals surface area contributed by atoms with Crippen LogP contribution in [0, 0.1) is 6.92 Å². The van der Waals surface area contributed by atoms with Crippen LogP contribution in [0.2, 0.25) is 0 Å². The first-order valence-corrected chi connectivity index (χ1v) is 8.54. The molecular formula is C20H24N2O3. The van der Waals surface area contributed by atoms with E-state index in [-0.39, 0.29) is 18.5 Å². The molecule has 0 unspecified atom stereocenters. The number of rotatable bonds is 4. The third-order valence-corrected chi connectivity index (χ3v) is 4.55. The van der Waals surface area contributed by atoms with Gasteiger partial charge in [-0.1, -0.05) is 29.8 Å². The van der Waals surface area contributed by atoms with Crippen molar-refractivity contribution in [2.45, 2.75) is 32.1 Å². The maximum atomic E-state index is 12.5. The molecule has 0 saturated carbocycles. The zero-order valence-corrected chi connectivity index (χ0v) is 14.4. The molecule has 0 spiro atoms. The van der Waals surface area contributed by atoms with E-state index in [2.05, 4.69) is 0 Å². The normalized spacial score (nSPS) is 20.4. The van der Waals surface area contributed by atoms with E-state index >= 15 is 0 Å². The molecular weight excluding hydrogens is 316 g/mol. The summed E-state index contributed by atoms with van der Waals surface area (Å²) in [5.41, 5.74) is 8.59. The summed E-state index contributed by atoms with van der Waals surface area (Å²) in [6, 6.07) is 15.1. The SMILES string of the molecule is Cc1ccc(OCc2ccc(C(=O)N3CC[C@@H](N)[C@H](O)C3)cc2)cc1. The predicted octanol–water partition coefficient (Wildman–Crippen LogP) is 2.11. The molecule has 0 bridgehead atoms. The van der Waals surface area contributed by atoms with Gasteiger partial charge in [0, 0.05) is 24.7 Å². The monoisotopic (exact) mass is 340 g/mol. The second kappa shape index (κ2) is 7.68. The Hall–Kier alpha value is -2.37. The lowest BCUT2D eigenvalue weighted by molar-refractivity contribution is 0.0395. The van der Waals surface area contributed by atoms with Gasteiger partial charge in [-0.05, 0) is 43.2 Å². The number of hydrogen-bond acceptors (Lipinski definition) is 4. The van der Waals surface area contributed by atoms with Crippen molar-refractivity contribution in [3.05, 3.63) is 65.2 Å². The van der Waals surface area contributed by atoms with E-state index < -0.39 is 6.10 Å². The lowest BCUT2D eigenvalue weighted by atomic mass is 10.0. The number of nitrogens with two attached hydrogens (primary N) is 1. The van der Waals surface area contributed by atoms with Gasteiger partial charge in [0.25, 0.3) is 5.91 Å². The molecule has 2 atom stereocenters. The zero-order valence-electron chi connectivity index (χ0n) is 14.4. The number of aliphatic hydroxyl groups excluding tert-OH is 1. The Kier molecular flexibility index (Phi) is 5.36. The highest BCUT2D eigenvalue weighted by molar-refractivity contribution is 5.94. The van der Waals surface area contributed by atoms with Crippen LogP contribution in [0.1, 0.15) is 27.9 Å². The summed E-state index contributed by atoms with van der Waals surface area (Å²) in [4.78, 5) is 14.2. The minimum atomic E-state index is -0.653. The smallest absolute Gasteiger partial charge is 0.253 e. The van der Waals surface area contributed by atoms with Gasteiger partial charge in [-0.2, -0.15) is 0 Å². The highest BCUT2D eigenvalue weighted by atomic mass is 16.5. The van der Waals surface area contributed by atoms with Crippen LogP contribution in [0.15, 0.2) is 48.5 Å². The summed E-state index contributed by atoms with van der Waals surface area (Å²) in [5.74, 6) is 0.751. The number of carbonyl (C=O) groups is 1. The van der Waals surface area contributed by atoms with E-state index in [4.69, 9.17) is 10.5 Å². The Morgan fingerprint density at radius 1 is 1.20 bits per heavy atom. The number of aliphatic hydroxyl groups is 1. The largest absolute Gasteiger partial charge is 0.489 e. The van der Waals surface area contributed by atoms with Crippen molar-refractivity contribution in [1.82, 2.24) is 4.90 Å². The van der Waals surface area contributed by atoms with Crippen LogP contribution in [0.25, 0.3) is 0 Å². The lowest BCUT2D eigenvalue weighted by Gasteiger charge is -2.34. The Bertz CT molecular complexity index is 713. The minimum absolute atomic E-state index is 0.0723. The maximum absolute atomic E-state index is 12.5. The molecule has 0 aliphatic carbocycles. The van der Waals surface area contributed by atoms with Gasteiger partial charge in [0.05, 0.1) is 6.10 Å². The van der Waals surface area contributed by atoms with Crippen LogP contribution in [-0.4, -0.2) is 41.1 Å². The van der Waals surface area contributed by atoms with E-state index in [1.54, 1.807) is 17.0 Å². The molecule has 3 rings (SSSR count). The average Bonchev–Trinajstić information content (AvgIpc) is 2.63. The van der Waals surface area contributed by atoms with Crippen LogP contribution in [0.4, 0.5) is 0 Å². The number of β-amino-alcohol motifs (C(OH)–C–C–N with tert-alkyl or cyclic N) is 1. The Balaban J connectivity index is 1.58. The van der Waals surface area contributed by atoms with E-state index in [1.165, 1.54) is 5.56 Å². The van der Waals surface area contributed by atoms with Gasteiger partial charge in [-0.15, -0.1) is 0 Å². The van der Waals surface area contributed by atoms with Crippen LogP contribution in [0.3, 0.4) is 0 Å². The summed E-state index contributed by atoms with van der Waals surface area (Å²) in [6.07, 6.45) is -0.0325. The molecule has 5 nitrogen and oxygen atoms in total. The first-order chi connectivity index (χ1) is 12.0. The number of hydrogen-bond donors (Lipinski definition) is 2. The molecule has 1 amide bonds. The molecule has 2 aromatic rings. The summed E-state index contributed by atoms with van der Waals surface area (Å²) >= 11 is 0. The fraction of sp³-hybridized carbons (Fsp3) is 0.350. The molecule has 3 N–H and O–H groups in total. The van der Waals surface area contributed by atoms with Crippen molar-refractivity contribution in [3.8, 4) is 5.75 Å². The molecule has 2 aromatic carbocycles. The molecule has 1 heterocycles. The Morgan fingerprint density at radius 3 is 2.52 bits per heavy atom. The predicted molar refractivity (Wildman–Crippen MR) is 96.5 cm³/mol. The number of benzene rings is 2. The molecule has 132 valence electrons. The fourth-order valence-electron chi connectivity index (χ4n) is 2.86. The van der Waals surface area contributed by atoms with E-state index in [1.807, 2.05) is 43.3 Å². The quantitative estimate of drug-likeness (QED) is 0.894.